The Morgan fingerprint density at radius 1 is 1.00 bits per heavy atom. The summed E-state index contributed by atoms with van der Waals surface area (Å²) >= 11 is 0. The zero-order valence-electron chi connectivity index (χ0n) is 11.1. The van der Waals surface area contributed by atoms with Crippen LogP contribution in [-0.4, -0.2) is 32.2 Å². The van der Waals surface area contributed by atoms with Crippen molar-refractivity contribution in [2.24, 2.45) is 0 Å². The van der Waals surface area contributed by atoms with Crippen LogP contribution in [0.3, 0.4) is 0 Å². The summed E-state index contributed by atoms with van der Waals surface area (Å²) in [5.74, 6) is 1.85. The number of benzene rings is 1. The maximum atomic E-state index is 5.42. The highest BCUT2D eigenvalue weighted by atomic mass is 35.5. The summed E-state index contributed by atoms with van der Waals surface area (Å²) in [6.45, 7) is 3.29. The highest BCUT2D eigenvalue weighted by molar-refractivity contribution is 5.85. The third-order valence-corrected chi connectivity index (χ3v) is 3.36. The molecule has 1 aliphatic heterocycles. The summed E-state index contributed by atoms with van der Waals surface area (Å²) in [6.07, 6.45) is 3.97. The van der Waals surface area contributed by atoms with Crippen molar-refractivity contribution in [1.29, 1.82) is 0 Å². The zero-order valence-corrected chi connectivity index (χ0v) is 12.0. The molecule has 0 saturated carbocycles. The number of ether oxygens (including phenoxy) is 2. The van der Waals surface area contributed by atoms with E-state index in [2.05, 4.69) is 4.90 Å². The molecule has 102 valence electrons. The molecule has 0 aromatic heterocycles. The average molecular weight is 272 g/mol. The summed E-state index contributed by atoms with van der Waals surface area (Å²) in [5.41, 5.74) is 1.17. The average Bonchev–Trinajstić information content (AvgIpc) is 2.40. The maximum absolute atomic E-state index is 5.42. The van der Waals surface area contributed by atoms with Crippen LogP contribution in [0, 0.1) is 0 Å². The second kappa shape index (κ2) is 7.49. The van der Waals surface area contributed by atoms with E-state index in [9.17, 15) is 0 Å². The predicted octanol–water partition coefficient (Wildman–Crippen LogP) is 3.11. The van der Waals surface area contributed by atoms with Crippen LogP contribution in [0.2, 0.25) is 0 Å². The Labute approximate surface area is 115 Å². The first kappa shape index (κ1) is 15.1. The van der Waals surface area contributed by atoms with Crippen molar-refractivity contribution < 1.29 is 9.47 Å². The second-order valence-electron chi connectivity index (χ2n) is 4.48. The van der Waals surface area contributed by atoms with Crippen molar-refractivity contribution in [1.82, 2.24) is 4.90 Å². The Hall–Kier alpha value is -0.930. The van der Waals surface area contributed by atoms with E-state index in [0.717, 1.165) is 18.0 Å². The van der Waals surface area contributed by atoms with Gasteiger partial charge in [-0.05, 0) is 38.1 Å². The lowest BCUT2D eigenvalue weighted by Gasteiger charge is -2.27. The molecule has 1 fully saturated rings. The molecule has 0 amide bonds. The lowest BCUT2D eigenvalue weighted by molar-refractivity contribution is 0.215. The van der Waals surface area contributed by atoms with Gasteiger partial charge >= 0.3 is 0 Å². The molecule has 2 rings (SSSR count). The van der Waals surface area contributed by atoms with Gasteiger partial charge in [0.2, 0.25) is 0 Å². The molecule has 1 aromatic carbocycles. The third kappa shape index (κ3) is 3.53. The van der Waals surface area contributed by atoms with E-state index in [0.29, 0.717) is 0 Å². The van der Waals surface area contributed by atoms with Crippen molar-refractivity contribution in [2.45, 2.75) is 25.8 Å². The van der Waals surface area contributed by atoms with Gasteiger partial charge in [-0.1, -0.05) is 12.5 Å². The fourth-order valence-corrected chi connectivity index (χ4v) is 2.42. The smallest absolute Gasteiger partial charge is 0.127 e. The molecule has 3 nitrogen and oxygen atoms in total. The van der Waals surface area contributed by atoms with Gasteiger partial charge in [0.25, 0.3) is 0 Å². The van der Waals surface area contributed by atoms with E-state index < -0.39 is 0 Å². The first-order chi connectivity index (χ1) is 8.35. The number of halogens is 1. The predicted molar refractivity (Wildman–Crippen MR) is 75.9 cm³/mol. The quantitative estimate of drug-likeness (QED) is 0.840. The Kier molecular flexibility index (Phi) is 6.30. The Bertz CT molecular complexity index is 343. The van der Waals surface area contributed by atoms with Crippen LogP contribution in [0.5, 0.6) is 11.5 Å². The molecule has 0 atom stereocenters. The van der Waals surface area contributed by atoms with Gasteiger partial charge in [-0.2, -0.15) is 0 Å². The van der Waals surface area contributed by atoms with E-state index in [1.807, 2.05) is 18.2 Å². The van der Waals surface area contributed by atoms with Crippen LogP contribution in [0.15, 0.2) is 18.2 Å². The van der Waals surface area contributed by atoms with Crippen LogP contribution in [0.25, 0.3) is 0 Å². The number of methoxy groups -OCH3 is 2. The summed E-state index contributed by atoms with van der Waals surface area (Å²) in [4.78, 5) is 2.48. The van der Waals surface area contributed by atoms with Gasteiger partial charge in [0, 0.05) is 6.54 Å². The molecule has 0 aliphatic carbocycles. The van der Waals surface area contributed by atoms with Gasteiger partial charge in [0.1, 0.15) is 11.5 Å². The molecule has 0 bridgehead atoms. The molecule has 4 heteroatoms. The molecule has 1 aliphatic rings. The first-order valence-corrected chi connectivity index (χ1v) is 6.27. The topological polar surface area (TPSA) is 21.7 Å². The van der Waals surface area contributed by atoms with Gasteiger partial charge in [0.15, 0.2) is 0 Å². The van der Waals surface area contributed by atoms with Crippen LogP contribution >= 0.6 is 12.4 Å². The Morgan fingerprint density at radius 2 is 1.56 bits per heavy atom. The lowest BCUT2D eigenvalue weighted by Crippen LogP contribution is -2.29. The molecule has 0 spiro atoms. The van der Waals surface area contributed by atoms with Crippen molar-refractivity contribution in [3.63, 3.8) is 0 Å². The second-order valence-corrected chi connectivity index (χ2v) is 4.48. The van der Waals surface area contributed by atoms with E-state index in [1.54, 1.807) is 14.2 Å². The molecule has 1 saturated heterocycles. The molecule has 1 aromatic rings. The fraction of sp³-hybridized carbons (Fsp3) is 0.571. The van der Waals surface area contributed by atoms with Crippen LogP contribution in [0.1, 0.15) is 24.8 Å². The minimum atomic E-state index is 0. The first-order valence-electron chi connectivity index (χ1n) is 6.27. The summed E-state index contributed by atoms with van der Waals surface area (Å²) in [6, 6.07) is 5.97. The van der Waals surface area contributed by atoms with Gasteiger partial charge in [-0.25, -0.2) is 0 Å². The van der Waals surface area contributed by atoms with Gasteiger partial charge in [-0.3, -0.25) is 4.90 Å². The summed E-state index contributed by atoms with van der Waals surface area (Å²) in [7, 11) is 3.43. The van der Waals surface area contributed by atoms with Gasteiger partial charge in [0.05, 0.1) is 19.8 Å². The molecular formula is C14H22ClNO2. The van der Waals surface area contributed by atoms with Crippen LogP contribution < -0.4 is 9.47 Å². The number of hydrogen-bond acceptors (Lipinski definition) is 3. The molecule has 18 heavy (non-hydrogen) atoms. The van der Waals surface area contributed by atoms with E-state index in [-0.39, 0.29) is 12.4 Å². The van der Waals surface area contributed by atoms with Crippen molar-refractivity contribution in [3.05, 3.63) is 23.8 Å². The van der Waals surface area contributed by atoms with Crippen LogP contribution in [0.4, 0.5) is 0 Å². The molecular weight excluding hydrogens is 250 g/mol. The van der Waals surface area contributed by atoms with Gasteiger partial charge < -0.3 is 9.47 Å². The van der Waals surface area contributed by atoms with Crippen molar-refractivity contribution in [3.8, 4) is 11.5 Å². The Balaban J connectivity index is 0.00000162. The van der Waals surface area contributed by atoms with Gasteiger partial charge in [-0.15, -0.1) is 12.4 Å². The number of nitrogens with zero attached hydrogens (tertiary/aromatic N) is 1. The van der Waals surface area contributed by atoms with Crippen molar-refractivity contribution in [2.75, 3.05) is 27.3 Å². The zero-order chi connectivity index (χ0) is 12.1. The van der Waals surface area contributed by atoms with E-state index in [4.69, 9.17) is 9.47 Å². The minimum absolute atomic E-state index is 0. The molecule has 1 heterocycles. The van der Waals surface area contributed by atoms with Crippen LogP contribution in [-0.2, 0) is 6.54 Å². The van der Waals surface area contributed by atoms with Crippen molar-refractivity contribution >= 4 is 12.4 Å². The fourth-order valence-electron chi connectivity index (χ4n) is 2.42. The normalized spacial score (nSPS) is 15.9. The minimum Gasteiger partial charge on any atom is -0.496 e. The highest BCUT2D eigenvalue weighted by Crippen LogP contribution is 2.30. The number of piperidine rings is 1. The monoisotopic (exact) mass is 271 g/mol. The largest absolute Gasteiger partial charge is 0.496 e. The number of hydrogen-bond donors (Lipinski definition) is 0. The van der Waals surface area contributed by atoms with E-state index >= 15 is 0 Å². The summed E-state index contributed by atoms with van der Waals surface area (Å²) in [5, 5.41) is 0. The molecule has 0 radical (unpaired) electrons. The molecule has 0 unspecified atom stereocenters. The summed E-state index contributed by atoms with van der Waals surface area (Å²) < 4.78 is 10.8. The highest BCUT2D eigenvalue weighted by Gasteiger charge is 2.16. The Morgan fingerprint density at radius 3 is 2.06 bits per heavy atom. The number of likely N-dealkylation sites (tertiary alicyclic amines) is 1. The SMILES string of the molecule is COc1cccc(OC)c1CN1CCCCC1.Cl. The lowest BCUT2D eigenvalue weighted by atomic mass is 10.1. The van der Waals surface area contributed by atoms with E-state index in [1.165, 1.54) is 37.9 Å². The maximum Gasteiger partial charge on any atom is 0.127 e. The number of rotatable bonds is 4. The third-order valence-electron chi connectivity index (χ3n) is 3.36. The molecule has 0 N–H and O–H groups in total. The standard InChI is InChI=1S/C14H21NO2.ClH/c1-16-13-7-6-8-14(17-2)12(13)11-15-9-4-3-5-10-15;/h6-8H,3-5,9-11H2,1-2H3;1H.